The second kappa shape index (κ2) is 6.28. The van der Waals surface area contributed by atoms with E-state index in [4.69, 9.17) is 9.73 Å². The van der Waals surface area contributed by atoms with Crippen LogP contribution in [0.15, 0.2) is 83.9 Å². The van der Waals surface area contributed by atoms with Gasteiger partial charge in [-0.3, -0.25) is 0 Å². The fraction of sp³-hybridized carbons (Fsp3) is 0.143. The van der Waals surface area contributed by atoms with Gasteiger partial charge in [0, 0.05) is 5.69 Å². The predicted molar refractivity (Wildman–Crippen MR) is 95.0 cm³/mol. The zero-order chi connectivity index (χ0) is 16.4. The molecule has 3 heteroatoms. The molecule has 1 aliphatic heterocycles. The first-order valence-corrected chi connectivity index (χ1v) is 8.09. The van der Waals surface area contributed by atoms with Crippen LogP contribution in [-0.4, -0.2) is 10.9 Å². The summed E-state index contributed by atoms with van der Waals surface area (Å²) < 4.78 is 6.24. The van der Waals surface area contributed by atoms with Crippen LogP contribution in [0.25, 0.3) is 0 Å². The van der Waals surface area contributed by atoms with Gasteiger partial charge in [0.15, 0.2) is 6.10 Å². The molecule has 0 fully saturated rings. The molecule has 2 atom stereocenters. The minimum absolute atomic E-state index is 0.0640. The number of hydrogen-bond donors (Lipinski definition) is 0. The molecular weight excluding hydrogens is 296 g/mol. The van der Waals surface area contributed by atoms with Crippen LogP contribution in [0.2, 0.25) is 0 Å². The van der Waals surface area contributed by atoms with Gasteiger partial charge in [0.25, 0.3) is 0 Å². The Morgan fingerprint density at radius 2 is 1.42 bits per heavy atom. The third kappa shape index (κ3) is 2.81. The molecular formula is C21H18N2O. The number of benzene rings is 2. The van der Waals surface area contributed by atoms with Gasteiger partial charge in [0.2, 0.25) is 5.90 Å². The van der Waals surface area contributed by atoms with Crippen molar-refractivity contribution in [2.45, 2.75) is 19.1 Å². The van der Waals surface area contributed by atoms with Gasteiger partial charge in [-0.15, -0.1) is 0 Å². The zero-order valence-corrected chi connectivity index (χ0v) is 13.5. The zero-order valence-electron chi connectivity index (χ0n) is 13.5. The summed E-state index contributed by atoms with van der Waals surface area (Å²) in [6.07, 6.45) is -0.133. The topological polar surface area (TPSA) is 34.5 Å². The number of aryl methyl sites for hydroxylation is 1. The molecule has 3 nitrogen and oxygen atoms in total. The van der Waals surface area contributed by atoms with Crippen molar-refractivity contribution >= 4 is 5.90 Å². The molecule has 0 saturated heterocycles. The fourth-order valence-corrected chi connectivity index (χ4v) is 2.99. The van der Waals surface area contributed by atoms with E-state index in [2.05, 4.69) is 29.2 Å². The highest BCUT2D eigenvalue weighted by Gasteiger charge is 2.34. The number of nitrogens with zero attached hydrogens (tertiary/aromatic N) is 2. The number of hydrogen-bond acceptors (Lipinski definition) is 3. The van der Waals surface area contributed by atoms with E-state index in [1.807, 2.05) is 61.5 Å². The van der Waals surface area contributed by atoms with Crippen molar-refractivity contribution in [3.05, 3.63) is 101 Å². The average molecular weight is 314 g/mol. The van der Waals surface area contributed by atoms with Gasteiger partial charge >= 0.3 is 0 Å². The quantitative estimate of drug-likeness (QED) is 0.705. The Hall–Kier alpha value is -2.94. The molecule has 0 spiro atoms. The second-order valence-corrected chi connectivity index (χ2v) is 5.90. The van der Waals surface area contributed by atoms with Crippen molar-refractivity contribution in [2.24, 2.45) is 4.99 Å². The highest BCUT2D eigenvalue weighted by atomic mass is 16.5. The van der Waals surface area contributed by atoms with E-state index in [1.54, 1.807) is 0 Å². The summed E-state index contributed by atoms with van der Waals surface area (Å²) in [4.78, 5) is 9.42. The van der Waals surface area contributed by atoms with Crippen molar-refractivity contribution < 1.29 is 4.74 Å². The minimum atomic E-state index is -0.133. The Bertz CT molecular complexity index is 859. The molecule has 0 unspecified atom stereocenters. The number of ether oxygens (including phenoxy) is 1. The van der Waals surface area contributed by atoms with Crippen molar-refractivity contribution in [1.29, 1.82) is 0 Å². The fourth-order valence-electron chi connectivity index (χ4n) is 2.99. The van der Waals surface area contributed by atoms with E-state index in [0.717, 1.165) is 22.5 Å². The number of pyridine rings is 1. The molecule has 1 aliphatic rings. The first-order valence-electron chi connectivity index (χ1n) is 8.09. The molecule has 0 aliphatic carbocycles. The predicted octanol–water partition coefficient (Wildman–Crippen LogP) is 4.65. The summed E-state index contributed by atoms with van der Waals surface area (Å²) in [7, 11) is 0. The summed E-state index contributed by atoms with van der Waals surface area (Å²) >= 11 is 0. The Morgan fingerprint density at radius 1 is 0.750 bits per heavy atom. The summed E-state index contributed by atoms with van der Waals surface area (Å²) in [5.74, 6) is 0.612. The molecule has 2 aromatic carbocycles. The molecule has 0 radical (unpaired) electrons. The van der Waals surface area contributed by atoms with Gasteiger partial charge in [-0.05, 0) is 30.2 Å². The molecule has 0 amide bonds. The number of aromatic nitrogens is 1. The first kappa shape index (κ1) is 14.6. The van der Waals surface area contributed by atoms with Crippen LogP contribution >= 0.6 is 0 Å². The lowest BCUT2D eigenvalue weighted by molar-refractivity contribution is 0.196. The molecule has 3 aromatic rings. The molecule has 1 aromatic heterocycles. The van der Waals surface area contributed by atoms with Gasteiger partial charge in [-0.1, -0.05) is 66.7 Å². The summed E-state index contributed by atoms with van der Waals surface area (Å²) in [5, 5.41) is 0. The monoisotopic (exact) mass is 314 g/mol. The van der Waals surface area contributed by atoms with Crippen molar-refractivity contribution in [3.63, 3.8) is 0 Å². The number of aliphatic imine (C=N–C) groups is 1. The summed E-state index contributed by atoms with van der Waals surface area (Å²) in [6.45, 7) is 1.97. The molecule has 0 bridgehead atoms. The molecule has 0 saturated carbocycles. The van der Waals surface area contributed by atoms with Crippen molar-refractivity contribution in [1.82, 2.24) is 4.98 Å². The van der Waals surface area contributed by atoms with E-state index in [1.165, 1.54) is 0 Å². The highest BCUT2D eigenvalue weighted by Crippen LogP contribution is 2.40. The summed E-state index contributed by atoms with van der Waals surface area (Å²) in [5.41, 5.74) is 4.01. The van der Waals surface area contributed by atoms with Crippen LogP contribution in [0.3, 0.4) is 0 Å². The van der Waals surface area contributed by atoms with Crippen molar-refractivity contribution in [3.8, 4) is 0 Å². The maximum Gasteiger partial charge on any atom is 0.236 e. The van der Waals surface area contributed by atoms with Crippen LogP contribution in [-0.2, 0) is 4.74 Å². The Morgan fingerprint density at radius 3 is 2.08 bits per heavy atom. The average Bonchev–Trinajstić information content (AvgIpc) is 3.09. The molecule has 4 rings (SSSR count). The van der Waals surface area contributed by atoms with Gasteiger partial charge < -0.3 is 4.74 Å². The van der Waals surface area contributed by atoms with E-state index in [0.29, 0.717) is 5.90 Å². The van der Waals surface area contributed by atoms with E-state index < -0.39 is 0 Å². The summed E-state index contributed by atoms with van der Waals surface area (Å²) in [6, 6.07) is 26.4. The van der Waals surface area contributed by atoms with Crippen LogP contribution in [0.1, 0.15) is 34.7 Å². The maximum absolute atomic E-state index is 6.24. The molecule has 0 N–H and O–H groups in total. The third-order valence-corrected chi connectivity index (χ3v) is 4.16. The largest absolute Gasteiger partial charge is 0.465 e. The van der Waals surface area contributed by atoms with E-state index in [-0.39, 0.29) is 12.1 Å². The van der Waals surface area contributed by atoms with Gasteiger partial charge in [0.05, 0.1) is 0 Å². The lowest BCUT2D eigenvalue weighted by Crippen LogP contribution is -2.10. The van der Waals surface area contributed by atoms with Gasteiger partial charge in [0.1, 0.15) is 11.7 Å². The van der Waals surface area contributed by atoms with Gasteiger partial charge in [-0.25, -0.2) is 9.98 Å². The first-order chi connectivity index (χ1) is 11.8. The lowest BCUT2D eigenvalue weighted by Gasteiger charge is -2.18. The van der Waals surface area contributed by atoms with Crippen LogP contribution in [0.4, 0.5) is 0 Å². The highest BCUT2D eigenvalue weighted by molar-refractivity contribution is 5.93. The molecule has 118 valence electrons. The lowest BCUT2D eigenvalue weighted by atomic mass is 9.97. The number of rotatable bonds is 3. The van der Waals surface area contributed by atoms with Crippen LogP contribution in [0.5, 0.6) is 0 Å². The van der Waals surface area contributed by atoms with Crippen LogP contribution in [0, 0.1) is 6.92 Å². The van der Waals surface area contributed by atoms with Crippen molar-refractivity contribution in [2.75, 3.05) is 0 Å². The second-order valence-electron chi connectivity index (χ2n) is 5.90. The third-order valence-electron chi connectivity index (χ3n) is 4.16. The Kier molecular flexibility index (Phi) is 3.83. The van der Waals surface area contributed by atoms with E-state index >= 15 is 0 Å². The SMILES string of the molecule is Cc1cccc(C2=N[C@H](c3ccccc3)[C@H](c3ccccc3)O2)n1. The normalized spacial score (nSPS) is 19.6. The standard InChI is InChI=1S/C21H18N2O/c1-15-9-8-14-18(22-15)21-23-19(16-10-4-2-5-11-16)20(24-21)17-12-6-3-7-13-17/h2-14,19-20H,1H3/t19-,20+/m1/s1. The van der Waals surface area contributed by atoms with E-state index in [9.17, 15) is 0 Å². The molecule has 24 heavy (non-hydrogen) atoms. The van der Waals surface area contributed by atoms with Gasteiger partial charge in [-0.2, -0.15) is 0 Å². The smallest absolute Gasteiger partial charge is 0.236 e. The minimum Gasteiger partial charge on any atom is -0.465 e. The molecule has 2 heterocycles. The maximum atomic E-state index is 6.24. The Balaban J connectivity index is 1.76. The van der Waals surface area contributed by atoms with Crippen LogP contribution < -0.4 is 0 Å². The Labute approximate surface area is 141 Å².